The standard InChI is InChI=1S/C18H19ClN2O2/c19-17-12-20-9-6-16(17)18(22)21(15-8-11-23-13-15)10-7-14-4-2-1-3-5-14/h1-6,9,12,15H,7-8,10-11,13H2. The molecule has 1 aromatic heterocycles. The Labute approximate surface area is 141 Å². The lowest BCUT2D eigenvalue weighted by atomic mass is 10.1. The third-order valence-corrected chi connectivity index (χ3v) is 4.40. The van der Waals surface area contributed by atoms with E-state index in [1.807, 2.05) is 23.1 Å². The van der Waals surface area contributed by atoms with Crippen molar-refractivity contribution in [2.24, 2.45) is 0 Å². The highest BCUT2D eigenvalue weighted by Crippen LogP contribution is 2.21. The average molecular weight is 331 g/mol. The Morgan fingerprint density at radius 3 is 2.83 bits per heavy atom. The van der Waals surface area contributed by atoms with E-state index in [9.17, 15) is 4.79 Å². The summed E-state index contributed by atoms with van der Waals surface area (Å²) < 4.78 is 5.47. The van der Waals surface area contributed by atoms with Gasteiger partial charge in [-0.2, -0.15) is 0 Å². The molecule has 1 aromatic carbocycles. The van der Waals surface area contributed by atoms with Crippen LogP contribution in [0.1, 0.15) is 22.3 Å². The van der Waals surface area contributed by atoms with Crippen molar-refractivity contribution in [3.8, 4) is 0 Å². The molecule has 1 aliphatic heterocycles. The number of hydrogen-bond acceptors (Lipinski definition) is 3. The highest BCUT2D eigenvalue weighted by atomic mass is 35.5. The second kappa shape index (κ2) is 7.57. The van der Waals surface area contributed by atoms with Gasteiger partial charge in [-0.05, 0) is 24.5 Å². The van der Waals surface area contributed by atoms with E-state index >= 15 is 0 Å². The molecule has 23 heavy (non-hydrogen) atoms. The number of rotatable bonds is 5. The third kappa shape index (κ3) is 3.89. The van der Waals surface area contributed by atoms with Gasteiger partial charge in [0, 0.05) is 25.5 Å². The summed E-state index contributed by atoms with van der Waals surface area (Å²) in [6, 6.07) is 12.0. The number of aromatic nitrogens is 1. The quantitative estimate of drug-likeness (QED) is 0.845. The molecule has 1 aliphatic rings. The third-order valence-electron chi connectivity index (χ3n) is 4.09. The monoisotopic (exact) mass is 330 g/mol. The van der Waals surface area contributed by atoms with Gasteiger partial charge in [-0.25, -0.2) is 0 Å². The van der Waals surface area contributed by atoms with Gasteiger partial charge in [-0.15, -0.1) is 0 Å². The Balaban J connectivity index is 1.78. The lowest BCUT2D eigenvalue weighted by Gasteiger charge is -2.28. The zero-order chi connectivity index (χ0) is 16.1. The first kappa shape index (κ1) is 16.0. The number of hydrogen-bond donors (Lipinski definition) is 0. The number of nitrogens with zero attached hydrogens (tertiary/aromatic N) is 2. The summed E-state index contributed by atoms with van der Waals surface area (Å²) in [5.74, 6) is -0.0520. The zero-order valence-electron chi connectivity index (χ0n) is 12.8. The predicted octanol–water partition coefficient (Wildman–Crippen LogP) is 3.21. The van der Waals surface area contributed by atoms with Gasteiger partial charge < -0.3 is 9.64 Å². The largest absolute Gasteiger partial charge is 0.379 e. The second-order valence-corrected chi connectivity index (χ2v) is 6.01. The number of pyridine rings is 1. The summed E-state index contributed by atoms with van der Waals surface area (Å²) in [6.07, 6.45) is 4.78. The average Bonchev–Trinajstić information content (AvgIpc) is 3.10. The molecule has 1 unspecified atom stereocenters. The minimum Gasteiger partial charge on any atom is -0.379 e. The first-order chi connectivity index (χ1) is 11.3. The van der Waals surface area contributed by atoms with Crippen molar-refractivity contribution < 1.29 is 9.53 Å². The van der Waals surface area contributed by atoms with E-state index in [-0.39, 0.29) is 11.9 Å². The number of amides is 1. The lowest BCUT2D eigenvalue weighted by molar-refractivity contribution is 0.0656. The molecule has 0 spiro atoms. The molecular weight excluding hydrogens is 312 g/mol. The highest BCUT2D eigenvalue weighted by molar-refractivity contribution is 6.33. The van der Waals surface area contributed by atoms with E-state index in [0.717, 1.165) is 12.8 Å². The fourth-order valence-corrected chi connectivity index (χ4v) is 3.02. The fourth-order valence-electron chi connectivity index (χ4n) is 2.82. The van der Waals surface area contributed by atoms with Crippen LogP contribution in [0.5, 0.6) is 0 Å². The predicted molar refractivity (Wildman–Crippen MR) is 89.7 cm³/mol. The summed E-state index contributed by atoms with van der Waals surface area (Å²) in [5, 5.41) is 0.390. The van der Waals surface area contributed by atoms with Crippen LogP contribution in [0.15, 0.2) is 48.8 Å². The van der Waals surface area contributed by atoms with Crippen molar-refractivity contribution in [1.29, 1.82) is 0 Å². The number of carbonyl (C=O) groups is 1. The molecule has 1 amide bonds. The lowest BCUT2D eigenvalue weighted by Crippen LogP contribution is -2.42. The molecule has 0 saturated carbocycles. The topological polar surface area (TPSA) is 42.4 Å². The Kier molecular flexibility index (Phi) is 5.26. The van der Waals surface area contributed by atoms with Gasteiger partial charge in [0.15, 0.2) is 0 Å². The van der Waals surface area contributed by atoms with Crippen molar-refractivity contribution in [2.45, 2.75) is 18.9 Å². The van der Waals surface area contributed by atoms with Crippen LogP contribution in [-0.2, 0) is 11.2 Å². The maximum Gasteiger partial charge on any atom is 0.255 e. The smallest absolute Gasteiger partial charge is 0.255 e. The van der Waals surface area contributed by atoms with Gasteiger partial charge in [0.2, 0.25) is 0 Å². The van der Waals surface area contributed by atoms with Crippen LogP contribution in [0.4, 0.5) is 0 Å². The van der Waals surface area contributed by atoms with Gasteiger partial charge in [0.05, 0.1) is 23.2 Å². The molecule has 120 valence electrons. The van der Waals surface area contributed by atoms with Gasteiger partial charge in [0.25, 0.3) is 5.91 Å². The van der Waals surface area contributed by atoms with Crippen LogP contribution in [-0.4, -0.2) is 41.6 Å². The highest BCUT2D eigenvalue weighted by Gasteiger charge is 2.28. The van der Waals surface area contributed by atoms with E-state index in [1.165, 1.54) is 11.8 Å². The molecule has 0 aliphatic carbocycles. The van der Waals surface area contributed by atoms with Gasteiger partial charge in [-0.3, -0.25) is 9.78 Å². The first-order valence-electron chi connectivity index (χ1n) is 7.78. The van der Waals surface area contributed by atoms with E-state index in [2.05, 4.69) is 17.1 Å². The SMILES string of the molecule is O=C(c1ccncc1Cl)N(CCc1ccccc1)C1CCOC1. The molecule has 3 rings (SSSR count). The van der Waals surface area contributed by atoms with Crippen LogP contribution in [0.2, 0.25) is 5.02 Å². The molecule has 1 atom stereocenters. The van der Waals surface area contributed by atoms with Crippen LogP contribution < -0.4 is 0 Å². The number of benzene rings is 1. The van der Waals surface area contributed by atoms with Crippen LogP contribution in [0, 0.1) is 0 Å². The van der Waals surface area contributed by atoms with E-state index in [0.29, 0.717) is 30.3 Å². The first-order valence-corrected chi connectivity index (χ1v) is 8.15. The van der Waals surface area contributed by atoms with Crippen LogP contribution >= 0.6 is 11.6 Å². The van der Waals surface area contributed by atoms with Gasteiger partial charge >= 0.3 is 0 Å². The number of ether oxygens (including phenoxy) is 1. The number of halogens is 1. The molecule has 5 heteroatoms. The zero-order valence-corrected chi connectivity index (χ0v) is 13.6. The van der Waals surface area contributed by atoms with Crippen molar-refractivity contribution in [1.82, 2.24) is 9.88 Å². The number of carbonyl (C=O) groups excluding carboxylic acids is 1. The Morgan fingerprint density at radius 1 is 1.30 bits per heavy atom. The Morgan fingerprint density at radius 2 is 2.13 bits per heavy atom. The summed E-state index contributed by atoms with van der Waals surface area (Å²) in [5.41, 5.74) is 1.71. The minimum atomic E-state index is -0.0520. The second-order valence-electron chi connectivity index (χ2n) is 5.61. The normalized spacial score (nSPS) is 17.2. The molecule has 1 fully saturated rings. The summed E-state index contributed by atoms with van der Waals surface area (Å²) in [4.78, 5) is 18.8. The summed E-state index contributed by atoms with van der Waals surface area (Å²) in [6.45, 7) is 1.93. The van der Waals surface area contributed by atoms with Crippen molar-refractivity contribution in [2.75, 3.05) is 19.8 Å². The van der Waals surface area contributed by atoms with Gasteiger partial charge in [0.1, 0.15) is 0 Å². The van der Waals surface area contributed by atoms with E-state index in [4.69, 9.17) is 16.3 Å². The van der Waals surface area contributed by atoms with Crippen molar-refractivity contribution in [3.05, 3.63) is 64.9 Å². The maximum absolute atomic E-state index is 12.9. The van der Waals surface area contributed by atoms with Crippen LogP contribution in [0.25, 0.3) is 0 Å². The molecule has 2 heterocycles. The van der Waals surface area contributed by atoms with Crippen molar-refractivity contribution in [3.63, 3.8) is 0 Å². The molecule has 0 N–H and O–H groups in total. The summed E-state index contributed by atoms with van der Waals surface area (Å²) >= 11 is 6.15. The Hall–Kier alpha value is -1.91. The fraction of sp³-hybridized carbons (Fsp3) is 0.333. The van der Waals surface area contributed by atoms with Crippen LogP contribution in [0.3, 0.4) is 0 Å². The van der Waals surface area contributed by atoms with Gasteiger partial charge in [-0.1, -0.05) is 41.9 Å². The Bertz CT molecular complexity index is 657. The van der Waals surface area contributed by atoms with E-state index in [1.54, 1.807) is 12.3 Å². The molecule has 0 bridgehead atoms. The summed E-state index contributed by atoms with van der Waals surface area (Å²) in [7, 11) is 0. The van der Waals surface area contributed by atoms with Crippen molar-refractivity contribution >= 4 is 17.5 Å². The van der Waals surface area contributed by atoms with E-state index < -0.39 is 0 Å². The minimum absolute atomic E-state index is 0.0520. The molecule has 1 saturated heterocycles. The maximum atomic E-state index is 12.9. The molecule has 4 nitrogen and oxygen atoms in total. The molecular formula is C18H19ClN2O2. The molecule has 2 aromatic rings. The molecule has 0 radical (unpaired) electrons.